The summed E-state index contributed by atoms with van der Waals surface area (Å²) in [5, 5.41) is 8.77. The van der Waals surface area contributed by atoms with Crippen LogP contribution < -0.4 is 5.73 Å². The van der Waals surface area contributed by atoms with Crippen LogP contribution in [0.15, 0.2) is 0 Å². The molecule has 1 atom stereocenters. The fourth-order valence-corrected chi connectivity index (χ4v) is 1.11. The molecule has 0 aliphatic rings. The third kappa shape index (κ3) is 4.97. The molecule has 0 fully saturated rings. The van der Waals surface area contributed by atoms with E-state index in [2.05, 4.69) is 15.6 Å². The molecule has 0 saturated carbocycles. The molecule has 0 rings (SSSR count). The summed E-state index contributed by atoms with van der Waals surface area (Å²) in [5.74, 6) is 0.993. The Kier molecular flexibility index (Phi) is 5.59. The molecule has 0 radical (unpaired) electrons. The van der Waals surface area contributed by atoms with Gasteiger partial charge in [0.1, 0.15) is 0 Å². The summed E-state index contributed by atoms with van der Waals surface area (Å²) >= 11 is 4.22. The van der Waals surface area contributed by atoms with E-state index in [1.165, 1.54) is 0 Å². The van der Waals surface area contributed by atoms with Crippen LogP contribution in [0.25, 0.3) is 0 Å². The van der Waals surface area contributed by atoms with Crippen molar-refractivity contribution in [2.24, 2.45) is 5.73 Å². The number of hydrogen-bond donors (Lipinski definition) is 2. The second-order valence-corrected chi connectivity index (χ2v) is 3.59. The van der Waals surface area contributed by atoms with E-state index in [1.54, 1.807) is 11.8 Å². The molecule has 9 heavy (non-hydrogen) atoms. The Bertz CT molecular complexity index is 99.0. The number of thioether (sulfide) groups is 1. The Morgan fingerprint density at radius 3 is 2.78 bits per heavy atom. The fourth-order valence-electron chi connectivity index (χ4n) is 0.368. The van der Waals surface area contributed by atoms with Gasteiger partial charge in [0, 0.05) is 0 Å². The molecule has 0 unspecified atom stereocenters. The van der Waals surface area contributed by atoms with Crippen LogP contribution in [0.5, 0.6) is 0 Å². The van der Waals surface area contributed by atoms with Crippen LogP contribution in [0.3, 0.4) is 0 Å². The Balaban J connectivity index is 3.27. The molecular weight excluding hydrogens is 201 g/mol. The number of nitrogens with two attached hydrogens (primary N) is 1. The van der Waals surface area contributed by atoms with Gasteiger partial charge in [0.05, 0.1) is 0 Å². The van der Waals surface area contributed by atoms with E-state index >= 15 is 0 Å². The molecule has 0 amide bonds. The van der Waals surface area contributed by atoms with Gasteiger partial charge in [-0.15, -0.1) is 0 Å². The van der Waals surface area contributed by atoms with Crippen molar-refractivity contribution in [2.45, 2.75) is 12.5 Å². The minimum absolute atomic E-state index is 0.183. The van der Waals surface area contributed by atoms with Crippen molar-refractivity contribution in [1.82, 2.24) is 0 Å². The van der Waals surface area contributed by atoms with E-state index in [-0.39, 0.29) is 10.6 Å². The van der Waals surface area contributed by atoms with Crippen molar-refractivity contribution in [1.29, 1.82) is 0 Å². The van der Waals surface area contributed by atoms with Crippen molar-refractivity contribution in [3.8, 4) is 0 Å². The Morgan fingerprint density at radius 1 is 1.89 bits per heavy atom. The molecule has 3 N–H and O–H groups in total. The third-order valence-electron chi connectivity index (χ3n) is 0.950. The number of rotatable bonds is 4. The summed E-state index contributed by atoms with van der Waals surface area (Å²) in [7, 11) is 0. The zero-order valence-electron chi connectivity index (χ0n) is 5.33. The van der Waals surface area contributed by atoms with Gasteiger partial charge in [-0.05, 0) is 0 Å². The van der Waals surface area contributed by atoms with Crippen LogP contribution in [0.1, 0.15) is 6.42 Å². The molecule has 0 heterocycles. The first kappa shape index (κ1) is 9.50. The Morgan fingerprint density at radius 2 is 2.44 bits per heavy atom. The summed E-state index contributed by atoms with van der Waals surface area (Å²) in [6, 6.07) is -0.183. The van der Waals surface area contributed by atoms with Gasteiger partial charge in [-0.2, -0.15) is 0 Å². The summed E-state index contributed by atoms with van der Waals surface area (Å²) in [6.07, 6.45) is 2.85. The molecule has 0 aliphatic carbocycles. The molecule has 0 saturated heterocycles. The van der Waals surface area contributed by atoms with Crippen LogP contribution in [0, 0.1) is 0 Å². The van der Waals surface area contributed by atoms with Crippen molar-refractivity contribution < 1.29 is 5.11 Å². The van der Waals surface area contributed by atoms with Gasteiger partial charge < -0.3 is 0 Å². The third-order valence-corrected chi connectivity index (χ3v) is 2.23. The van der Waals surface area contributed by atoms with Crippen molar-refractivity contribution >= 4 is 31.9 Å². The molecule has 0 bridgehead atoms. The van der Waals surface area contributed by atoms with E-state index in [4.69, 9.17) is 10.8 Å². The van der Waals surface area contributed by atoms with Crippen molar-refractivity contribution in [2.75, 3.05) is 12.0 Å². The van der Waals surface area contributed by atoms with Gasteiger partial charge in [-0.3, -0.25) is 0 Å². The van der Waals surface area contributed by atoms with Crippen LogP contribution in [-0.4, -0.2) is 43.3 Å². The average Bonchev–Trinajstić information content (AvgIpc) is 1.82. The molecule has 0 aliphatic heterocycles. The SMILES string of the molecule is CSCC[C@H](N)C(O)=[Se]. The summed E-state index contributed by atoms with van der Waals surface area (Å²) in [4.78, 5) is 0. The normalized spacial score (nSPS) is 13.1. The molecule has 54 valence electrons. The molecular formula is C5H11NOSSe. The average molecular weight is 212 g/mol. The first-order chi connectivity index (χ1) is 4.18. The number of aliphatic hydroxyl groups is 1. The molecule has 0 aromatic heterocycles. The molecule has 4 heteroatoms. The van der Waals surface area contributed by atoms with Crippen LogP contribution in [0.2, 0.25) is 0 Å². The molecule has 0 aromatic carbocycles. The second-order valence-electron chi connectivity index (χ2n) is 1.73. The van der Waals surface area contributed by atoms with Gasteiger partial charge in [0.2, 0.25) is 0 Å². The number of hydrogen-bond acceptors (Lipinski definition) is 3. The summed E-state index contributed by atoms with van der Waals surface area (Å²) in [6.45, 7) is 0. The maximum absolute atomic E-state index is 8.77. The van der Waals surface area contributed by atoms with E-state index in [0.717, 1.165) is 12.2 Å². The van der Waals surface area contributed by atoms with E-state index in [9.17, 15) is 0 Å². The molecule has 0 spiro atoms. The topological polar surface area (TPSA) is 46.2 Å². The zero-order chi connectivity index (χ0) is 7.28. The van der Waals surface area contributed by atoms with Gasteiger partial charge in [0.15, 0.2) is 0 Å². The van der Waals surface area contributed by atoms with Crippen LogP contribution in [-0.2, 0) is 0 Å². The van der Waals surface area contributed by atoms with Crippen LogP contribution >= 0.6 is 11.8 Å². The van der Waals surface area contributed by atoms with Crippen molar-refractivity contribution in [3.05, 3.63) is 0 Å². The quantitative estimate of drug-likeness (QED) is 0.631. The first-order valence-corrected chi connectivity index (χ1v) is 4.91. The molecule has 0 aromatic rings. The number of aliphatic hydroxyl groups excluding tert-OH is 1. The Hall–Kier alpha value is 0.499. The van der Waals surface area contributed by atoms with Crippen LogP contribution in [0.4, 0.5) is 0 Å². The zero-order valence-corrected chi connectivity index (χ0v) is 7.86. The monoisotopic (exact) mass is 213 g/mol. The predicted octanol–water partition coefficient (Wildman–Crippen LogP) is -0.262. The maximum atomic E-state index is 8.77. The van der Waals surface area contributed by atoms with Gasteiger partial charge in [0.25, 0.3) is 0 Å². The van der Waals surface area contributed by atoms with Crippen molar-refractivity contribution in [3.63, 3.8) is 0 Å². The van der Waals surface area contributed by atoms with E-state index < -0.39 is 0 Å². The Labute approximate surface area is 67.6 Å². The van der Waals surface area contributed by atoms with Gasteiger partial charge in [-0.1, -0.05) is 0 Å². The predicted molar refractivity (Wildman–Crippen MR) is 43.7 cm³/mol. The fraction of sp³-hybridized carbons (Fsp3) is 0.800. The second kappa shape index (κ2) is 5.30. The van der Waals surface area contributed by atoms with Gasteiger partial charge in [-0.25, -0.2) is 0 Å². The van der Waals surface area contributed by atoms with E-state index in [1.807, 2.05) is 6.26 Å². The standard InChI is InChI=1S/C5H11NOSSe/c1-8-3-2-4(6)5(7)9/h4H,2-3,6H2,1H3,(H,7,9)/t4-/m0/s1. The summed E-state index contributed by atoms with van der Waals surface area (Å²) < 4.78 is 0.212. The first-order valence-electron chi connectivity index (χ1n) is 2.65. The molecule has 2 nitrogen and oxygen atoms in total. The van der Waals surface area contributed by atoms with E-state index in [0.29, 0.717) is 0 Å². The summed E-state index contributed by atoms with van der Waals surface area (Å²) in [5.41, 5.74) is 5.47. The van der Waals surface area contributed by atoms with Gasteiger partial charge >= 0.3 is 67.3 Å². The minimum atomic E-state index is -0.183.